The number of piperidine rings is 1. The Bertz CT molecular complexity index is 1370. The molecule has 1 aliphatic heterocycles. The molecule has 2 aliphatic rings. The average Bonchev–Trinajstić information content (AvgIpc) is 3.13. The van der Waals surface area contributed by atoms with Crippen LogP contribution in [0.1, 0.15) is 84.5 Å². The van der Waals surface area contributed by atoms with Crippen LogP contribution < -0.4 is 37.6 Å². The monoisotopic (exact) mass is 692 g/mol. The lowest BCUT2D eigenvalue weighted by molar-refractivity contribution is -0.132. The lowest BCUT2D eigenvalue weighted by atomic mass is 9.95. The van der Waals surface area contributed by atoms with E-state index in [2.05, 4.69) is 37.0 Å². The van der Waals surface area contributed by atoms with Crippen molar-refractivity contribution in [1.82, 2.24) is 36.1 Å². The van der Waals surface area contributed by atoms with E-state index in [-0.39, 0.29) is 30.3 Å². The lowest BCUT2D eigenvalue weighted by Gasteiger charge is -2.33. The van der Waals surface area contributed by atoms with E-state index in [4.69, 9.17) is 21.2 Å². The summed E-state index contributed by atoms with van der Waals surface area (Å²) in [7, 11) is 0. The molecule has 276 valence electrons. The highest BCUT2D eigenvalue weighted by Crippen LogP contribution is 2.25. The molecule has 1 saturated heterocycles. The van der Waals surface area contributed by atoms with Crippen LogP contribution >= 0.6 is 0 Å². The summed E-state index contributed by atoms with van der Waals surface area (Å²) >= 11 is 0. The van der Waals surface area contributed by atoms with Crippen molar-refractivity contribution in [2.45, 2.75) is 109 Å². The maximum atomic E-state index is 12.8. The number of carbonyl (C=O) groups excluding carboxylic acids is 2. The van der Waals surface area contributed by atoms with Gasteiger partial charge >= 0.3 is 0 Å². The van der Waals surface area contributed by atoms with E-state index in [0.717, 1.165) is 74.6 Å². The molecule has 2 fully saturated rings. The molecule has 2 heterocycles. The van der Waals surface area contributed by atoms with Crippen LogP contribution in [-0.4, -0.2) is 96.7 Å². The van der Waals surface area contributed by atoms with Crippen molar-refractivity contribution in [3.8, 4) is 0 Å². The number of aromatic nitrogens is 2. The quantitative estimate of drug-likeness (QED) is 0.0703. The van der Waals surface area contributed by atoms with E-state index in [1.54, 1.807) is 6.20 Å². The molecule has 2 amide bonds. The fourth-order valence-electron chi connectivity index (χ4n) is 6.44. The summed E-state index contributed by atoms with van der Waals surface area (Å²) < 4.78 is 0. The number of fused-ring (bicyclic) bond motifs is 1. The van der Waals surface area contributed by atoms with E-state index < -0.39 is 6.04 Å². The molecular formula is C36H60N12O2. The van der Waals surface area contributed by atoms with Crippen molar-refractivity contribution in [2.75, 3.05) is 56.4 Å². The molecule has 14 nitrogen and oxygen atoms in total. The van der Waals surface area contributed by atoms with Crippen molar-refractivity contribution in [3.63, 3.8) is 0 Å². The largest absolute Gasteiger partial charge is 0.389 e. The second-order valence-corrected chi connectivity index (χ2v) is 13.8. The van der Waals surface area contributed by atoms with Crippen LogP contribution in [-0.2, 0) is 9.59 Å². The minimum atomic E-state index is -0.687. The van der Waals surface area contributed by atoms with Gasteiger partial charge in [0.2, 0.25) is 17.8 Å². The summed E-state index contributed by atoms with van der Waals surface area (Å²) in [5.74, 6) is 0.988. The Hall–Kier alpha value is -3.88. The van der Waals surface area contributed by atoms with Gasteiger partial charge in [-0.1, -0.05) is 31.4 Å². The maximum absolute atomic E-state index is 12.8. The first-order valence-electron chi connectivity index (χ1n) is 18.7. The van der Waals surface area contributed by atoms with Gasteiger partial charge in [-0.25, -0.2) is 10.5 Å². The fourth-order valence-corrected chi connectivity index (χ4v) is 6.44. The molecule has 9 N–H and O–H groups in total. The first-order chi connectivity index (χ1) is 24.3. The van der Waals surface area contributed by atoms with Crippen LogP contribution in [0.2, 0.25) is 0 Å². The molecule has 1 aliphatic carbocycles. The lowest BCUT2D eigenvalue weighted by Crippen LogP contribution is -2.45. The zero-order valence-electron chi connectivity index (χ0n) is 30.1. The standard InChI is InChI=1S/C36H60N12O2/c1-26(2)43-35(50)31(37)14-15-33(49)48-22-16-28(17-23-48)44-34-30-12-6-7-13-32(30)45-36(46-34)42-25-29(47-38)24-40-20-8-18-39-19-9-21-41-27-10-4-3-5-11-27/h6-7,12-13,24,26-28,31,38-41H,3-5,8-11,14-23,25,37H2,1-2H3,(H,43,50)(H2,42,44,45,46)/b29-24-,47-38?/t31-/m0/s1. The number of benzene rings is 1. The predicted octanol–water partition coefficient (Wildman–Crippen LogP) is 3.83. The third kappa shape index (κ3) is 13.4. The number of nitrogens with two attached hydrogens (primary N) is 1. The highest BCUT2D eigenvalue weighted by molar-refractivity contribution is 5.90. The Balaban J connectivity index is 1.17. The highest BCUT2D eigenvalue weighted by Gasteiger charge is 2.25. The van der Waals surface area contributed by atoms with Crippen molar-refractivity contribution >= 4 is 34.5 Å². The first-order valence-corrected chi connectivity index (χ1v) is 18.7. The summed E-state index contributed by atoms with van der Waals surface area (Å²) in [5, 5.41) is 24.7. The summed E-state index contributed by atoms with van der Waals surface area (Å²) in [6, 6.07) is 8.05. The zero-order valence-corrected chi connectivity index (χ0v) is 30.1. The van der Waals surface area contributed by atoms with Crippen LogP contribution in [0.15, 0.2) is 41.3 Å². The number of hydrogen-bond donors (Lipinski definition) is 8. The van der Waals surface area contributed by atoms with Crippen LogP contribution in [0.5, 0.6) is 0 Å². The summed E-state index contributed by atoms with van der Waals surface area (Å²) in [5.41, 5.74) is 15.0. The van der Waals surface area contributed by atoms with E-state index in [0.29, 0.717) is 37.7 Å². The van der Waals surface area contributed by atoms with E-state index in [9.17, 15) is 9.59 Å². The summed E-state index contributed by atoms with van der Waals surface area (Å²) in [4.78, 5) is 36.3. The summed E-state index contributed by atoms with van der Waals surface area (Å²) in [6.45, 7) is 9.16. The molecular weight excluding hydrogens is 632 g/mol. The normalized spacial score (nSPS) is 16.7. The van der Waals surface area contributed by atoms with E-state index in [1.165, 1.54) is 32.1 Å². The number of nitrogens with one attached hydrogen (secondary N) is 7. The van der Waals surface area contributed by atoms with Gasteiger partial charge in [0.1, 0.15) is 5.82 Å². The third-order valence-electron chi connectivity index (χ3n) is 9.31. The molecule has 14 heteroatoms. The first kappa shape index (κ1) is 38.9. The van der Waals surface area contributed by atoms with Gasteiger partial charge in [0.05, 0.1) is 23.8 Å². The molecule has 0 radical (unpaired) electrons. The maximum Gasteiger partial charge on any atom is 0.237 e. The molecule has 1 atom stereocenters. The van der Waals surface area contributed by atoms with Gasteiger partial charge in [-0.2, -0.15) is 10.1 Å². The Morgan fingerprint density at radius 2 is 1.74 bits per heavy atom. The van der Waals surface area contributed by atoms with Gasteiger partial charge in [-0.3, -0.25) is 9.59 Å². The third-order valence-corrected chi connectivity index (χ3v) is 9.31. The Kier molecular flexibility index (Phi) is 16.6. The SMILES string of the molecule is CC(C)NC(=O)[C@@H](N)CCC(=O)N1CCC(Nc2nc(NC/C(=C/NCCCNCCCNC3CCCCC3)N=N)nc3ccccc23)CC1. The molecule has 0 bridgehead atoms. The molecule has 50 heavy (non-hydrogen) atoms. The van der Waals surface area contributed by atoms with Gasteiger partial charge < -0.3 is 42.5 Å². The number of rotatable bonds is 21. The van der Waals surface area contributed by atoms with E-state index >= 15 is 0 Å². The smallest absolute Gasteiger partial charge is 0.237 e. The Morgan fingerprint density at radius 1 is 1.00 bits per heavy atom. The molecule has 0 spiro atoms. The van der Waals surface area contributed by atoms with E-state index in [1.807, 2.05) is 43.0 Å². The minimum Gasteiger partial charge on any atom is -0.389 e. The Labute approximate surface area is 297 Å². The van der Waals surface area contributed by atoms with Crippen molar-refractivity contribution in [3.05, 3.63) is 36.2 Å². The van der Waals surface area contributed by atoms with Gasteiger partial charge in [-0.15, -0.1) is 0 Å². The predicted molar refractivity (Wildman–Crippen MR) is 200 cm³/mol. The van der Waals surface area contributed by atoms with Crippen LogP contribution in [0.3, 0.4) is 0 Å². The highest BCUT2D eigenvalue weighted by atomic mass is 16.2. The van der Waals surface area contributed by atoms with Crippen LogP contribution in [0.25, 0.3) is 10.9 Å². The number of anilines is 2. The molecule has 1 saturated carbocycles. The number of hydrogen-bond acceptors (Lipinski definition) is 12. The second-order valence-electron chi connectivity index (χ2n) is 13.8. The molecule has 1 aromatic carbocycles. The average molecular weight is 693 g/mol. The van der Waals surface area contributed by atoms with Crippen molar-refractivity contribution < 1.29 is 9.59 Å². The number of nitrogens with zero attached hydrogens (tertiary/aromatic N) is 4. The van der Waals surface area contributed by atoms with Gasteiger partial charge in [0, 0.05) is 55.8 Å². The number of amides is 2. The van der Waals surface area contributed by atoms with Crippen LogP contribution in [0, 0.1) is 5.53 Å². The molecule has 2 aromatic rings. The number of likely N-dealkylation sites (tertiary alicyclic amines) is 1. The molecule has 4 rings (SSSR count). The zero-order chi connectivity index (χ0) is 35.6. The van der Waals surface area contributed by atoms with Gasteiger partial charge in [0.15, 0.2) is 0 Å². The Morgan fingerprint density at radius 3 is 2.48 bits per heavy atom. The van der Waals surface area contributed by atoms with Crippen molar-refractivity contribution in [2.24, 2.45) is 10.8 Å². The number of para-hydroxylation sites is 1. The van der Waals surface area contributed by atoms with Gasteiger partial charge in [0.25, 0.3) is 0 Å². The van der Waals surface area contributed by atoms with Gasteiger partial charge in [-0.05, 0) is 90.6 Å². The van der Waals surface area contributed by atoms with Crippen molar-refractivity contribution in [1.29, 1.82) is 5.53 Å². The minimum absolute atomic E-state index is 0.0148. The molecule has 0 unspecified atom stereocenters. The number of carbonyl (C=O) groups is 2. The summed E-state index contributed by atoms with van der Waals surface area (Å²) in [6.07, 6.45) is 12.8. The second kappa shape index (κ2) is 21.4. The van der Waals surface area contributed by atoms with Crippen LogP contribution in [0.4, 0.5) is 11.8 Å². The topological polar surface area (TPSA) is 198 Å². The molecule has 1 aromatic heterocycles. The fraction of sp³-hybridized carbons (Fsp3) is 0.667.